The Morgan fingerprint density at radius 3 is 2.36 bits per heavy atom. The van der Waals surface area contributed by atoms with Crippen LogP contribution in [0.3, 0.4) is 0 Å². The van der Waals surface area contributed by atoms with E-state index in [1.165, 1.54) is 0 Å². The van der Waals surface area contributed by atoms with Crippen LogP contribution in [0, 0.1) is 5.92 Å². The molecule has 0 spiro atoms. The summed E-state index contributed by atoms with van der Waals surface area (Å²) in [6.07, 6.45) is 3.41. The Bertz CT molecular complexity index is 336. The molecule has 0 amide bonds. The first-order valence-corrected chi connectivity index (χ1v) is 4.67. The van der Waals surface area contributed by atoms with Gasteiger partial charge >= 0.3 is 0 Å². The molecule has 0 heterocycles. The molecule has 2 nitrogen and oxygen atoms in total. The quantitative estimate of drug-likeness (QED) is 0.586. The fourth-order valence-corrected chi connectivity index (χ4v) is 0.978. The Balaban J connectivity index is 2.69. The van der Waals surface area contributed by atoms with Gasteiger partial charge in [-0.05, 0) is 23.8 Å². The summed E-state index contributed by atoms with van der Waals surface area (Å²) in [5.41, 5.74) is 7.27. The minimum atomic E-state index is 0.0556. The monoisotopic (exact) mass is 189 g/mol. The standard InChI is InChI=1S/C12H15NO/c1-9(2)12(14)8-5-10-3-6-11(13)7-4-10/h3-9H,13H2,1-2H3/b8-5+. The van der Waals surface area contributed by atoms with Crippen LogP contribution in [0.4, 0.5) is 5.69 Å². The lowest BCUT2D eigenvalue weighted by Gasteiger charge is -1.97. The van der Waals surface area contributed by atoms with Crippen LogP contribution < -0.4 is 5.73 Å². The zero-order chi connectivity index (χ0) is 10.6. The van der Waals surface area contributed by atoms with E-state index in [-0.39, 0.29) is 11.7 Å². The van der Waals surface area contributed by atoms with Gasteiger partial charge in [-0.3, -0.25) is 4.79 Å². The van der Waals surface area contributed by atoms with Gasteiger partial charge in [-0.15, -0.1) is 0 Å². The Kier molecular flexibility index (Phi) is 3.46. The molecule has 1 aromatic rings. The van der Waals surface area contributed by atoms with Crippen molar-refractivity contribution in [2.45, 2.75) is 13.8 Å². The number of allylic oxidation sites excluding steroid dienone is 1. The minimum absolute atomic E-state index is 0.0556. The molecule has 1 rings (SSSR count). The molecule has 0 radical (unpaired) electrons. The highest BCUT2D eigenvalue weighted by Crippen LogP contribution is 2.07. The summed E-state index contributed by atoms with van der Waals surface area (Å²) < 4.78 is 0. The van der Waals surface area contributed by atoms with Crippen LogP contribution in [0.25, 0.3) is 6.08 Å². The lowest BCUT2D eigenvalue weighted by Crippen LogP contribution is -2.01. The van der Waals surface area contributed by atoms with Crippen molar-refractivity contribution in [1.29, 1.82) is 0 Å². The molecular weight excluding hydrogens is 174 g/mol. The number of benzene rings is 1. The molecule has 1 aromatic carbocycles. The van der Waals surface area contributed by atoms with Crippen LogP contribution in [0.5, 0.6) is 0 Å². The van der Waals surface area contributed by atoms with E-state index in [9.17, 15) is 4.79 Å². The predicted octanol–water partition coefficient (Wildman–Crippen LogP) is 2.51. The lowest BCUT2D eigenvalue weighted by molar-refractivity contribution is -0.117. The minimum Gasteiger partial charge on any atom is -0.399 e. The molecule has 0 aliphatic heterocycles. The third kappa shape index (κ3) is 3.05. The van der Waals surface area contributed by atoms with Gasteiger partial charge in [0.25, 0.3) is 0 Å². The molecule has 0 fully saturated rings. The van der Waals surface area contributed by atoms with Crippen LogP contribution in [0.1, 0.15) is 19.4 Å². The number of carbonyl (C=O) groups is 1. The lowest BCUT2D eigenvalue weighted by atomic mass is 10.1. The molecule has 0 saturated carbocycles. The van der Waals surface area contributed by atoms with Crippen molar-refractivity contribution in [3.63, 3.8) is 0 Å². The van der Waals surface area contributed by atoms with E-state index in [0.717, 1.165) is 11.3 Å². The molecule has 0 unspecified atom stereocenters. The molecule has 0 atom stereocenters. The van der Waals surface area contributed by atoms with E-state index in [1.807, 2.05) is 44.2 Å². The van der Waals surface area contributed by atoms with E-state index in [4.69, 9.17) is 5.73 Å². The van der Waals surface area contributed by atoms with E-state index in [2.05, 4.69) is 0 Å². The average molecular weight is 189 g/mol. The summed E-state index contributed by atoms with van der Waals surface area (Å²) in [4.78, 5) is 11.3. The second kappa shape index (κ2) is 4.61. The summed E-state index contributed by atoms with van der Waals surface area (Å²) in [5.74, 6) is 0.196. The van der Waals surface area contributed by atoms with Gasteiger partial charge in [0.05, 0.1) is 0 Å². The number of nitrogens with two attached hydrogens (primary N) is 1. The van der Waals surface area contributed by atoms with Crippen molar-refractivity contribution < 1.29 is 4.79 Å². The van der Waals surface area contributed by atoms with Gasteiger partial charge in [0.2, 0.25) is 0 Å². The summed E-state index contributed by atoms with van der Waals surface area (Å²) in [6.45, 7) is 3.77. The van der Waals surface area contributed by atoms with Gasteiger partial charge < -0.3 is 5.73 Å². The first-order chi connectivity index (χ1) is 6.59. The van der Waals surface area contributed by atoms with Gasteiger partial charge in [-0.2, -0.15) is 0 Å². The zero-order valence-corrected chi connectivity index (χ0v) is 8.53. The predicted molar refractivity (Wildman–Crippen MR) is 59.7 cm³/mol. The highest BCUT2D eigenvalue weighted by Gasteiger charge is 2.00. The highest BCUT2D eigenvalue weighted by atomic mass is 16.1. The van der Waals surface area contributed by atoms with Crippen LogP contribution >= 0.6 is 0 Å². The van der Waals surface area contributed by atoms with Gasteiger partial charge in [-0.1, -0.05) is 32.1 Å². The first-order valence-electron chi connectivity index (χ1n) is 4.67. The second-order valence-electron chi connectivity index (χ2n) is 3.56. The number of nitrogen functional groups attached to an aromatic ring is 1. The fraction of sp³-hybridized carbons (Fsp3) is 0.250. The highest BCUT2D eigenvalue weighted by molar-refractivity contribution is 5.94. The molecule has 2 N–H and O–H groups in total. The van der Waals surface area contributed by atoms with Gasteiger partial charge in [0.15, 0.2) is 5.78 Å². The van der Waals surface area contributed by atoms with Crippen LogP contribution in [0.15, 0.2) is 30.3 Å². The van der Waals surface area contributed by atoms with Crippen molar-refractivity contribution in [2.75, 3.05) is 5.73 Å². The third-order valence-electron chi connectivity index (χ3n) is 1.95. The molecule has 0 aliphatic carbocycles. The zero-order valence-electron chi connectivity index (χ0n) is 8.53. The smallest absolute Gasteiger partial charge is 0.158 e. The van der Waals surface area contributed by atoms with Gasteiger partial charge in [0, 0.05) is 11.6 Å². The van der Waals surface area contributed by atoms with Crippen molar-refractivity contribution in [1.82, 2.24) is 0 Å². The largest absolute Gasteiger partial charge is 0.399 e. The summed E-state index contributed by atoms with van der Waals surface area (Å²) in [6, 6.07) is 7.41. The van der Waals surface area contributed by atoms with Crippen molar-refractivity contribution in [2.24, 2.45) is 5.92 Å². The Labute approximate surface area is 84.4 Å². The number of hydrogen-bond acceptors (Lipinski definition) is 2. The molecule has 14 heavy (non-hydrogen) atoms. The summed E-state index contributed by atoms with van der Waals surface area (Å²) in [5, 5.41) is 0. The third-order valence-corrected chi connectivity index (χ3v) is 1.95. The number of ketones is 1. The maximum absolute atomic E-state index is 11.3. The summed E-state index contributed by atoms with van der Waals surface area (Å²) >= 11 is 0. The van der Waals surface area contributed by atoms with Gasteiger partial charge in [-0.25, -0.2) is 0 Å². The topological polar surface area (TPSA) is 43.1 Å². The molecule has 2 heteroatoms. The number of carbonyl (C=O) groups excluding carboxylic acids is 1. The summed E-state index contributed by atoms with van der Waals surface area (Å²) in [7, 11) is 0. The maximum Gasteiger partial charge on any atom is 0.158 e. The van der Waals surface area contributed by atoms with E-state index >= 15 is 0 Å². The van der Waals surface area contributed by atoms with Crippen molar-refractivity contribution in [3.8, 4) is 0 Å². The maximum atomic E-state index is 11.3. The van der Waals surface area contributed by atoms with Gasteiger partial charge in [0.1, 0.15) is 0 Å². The van der Waals surface area contributed by atoms with Crippen LogP contribution in [-0.4, -0.2) is 5.78 Å². The van der Waals surface area contributed by atoms with E-state index in [1.54, 1.807) is 6.08 Å². The fourth-order valence-electron chi connectivity index (χ4n) is 0.978. The second-order valence-corrected chi connectivity index (χ2v) is 3.56. The normalized spacial score (nSPS) is 11.1. The molecule has 0 saturated heterocycles. The van der Waals surface area contributed by atoms with Crippen LogP contribution in [-0.2, 0) is 4.79 Å². The first kappa shape index (κ1) is 10.5. The number of hydrogen-bond donors (Lipinski definition) is 1. The van der Waals surface area contributed by atoms with Crippen molar-refractivity contribution >= 4 is 17.5 Å². The van der Waals surface area contributed by atoms with Crippen molar-refractivity contribution in [3.05, 3.63) is 35.9 Å². The van der Waals surface area contributed by atoms with Crippen LogP contribution in [0.2, 0.25) is 0 Å². The molecule has 0 aliphatic rings. The molecule has 0 bridgehead atoms. The Hall–Kier alpha value is -1.57. The number of anilines is 1. The Morgan fingerprint density at radius 1 is 1.29 bits per heavy atom. The van der Waals surface area contributed by atoms with E-state index in [0.29, 0.717) is 0 Å². The average Bonchev–Trinajstić information content (AvgIpc) is 2.16. The Morgan fingerprint density at radius 2 is 1.86 bits per heavy atom. The van der Waals surface area contributed by atoms with E-state index < -0.39 is 0 Å². The SMILES string of the molecule is CC(C)C(=O)/C=C/c1ccc(N)cc1. The number of rotatable bonds is 3. The molecular formula is C12H15NO. The molecule has 0 aromatic heterocycles. The molecule has 74 valence electrons.